The standard InChI is InChI=1S/C14H18O3/c1-9(13(16)17)7-10-5-6-12(15)11(8-10)14(2,3)4/h5-6,8,15H,1,7H2,2-4H3,(H,16,17). The molecule has 0 radical (unpaired) electrons. The molecular weight excluding hydrogens is 216 g/mol. The second-order valence-electron chi connectivity index (χ2n) is 5.19. The maximum Gasteiger partial charge on any atom is 0.331 e. The minimum Gasteiger partial charge on any atom is -0.508 e. The van der Waals surface area contributed by atoms with Gasteiger partial charge in [-0.05, 0) is 22.6 Å². The molecule has 0 aromatic heterocycles. The van der Waals surface area contributed by atoms with Gasteiger partial charge in [-0.25, -0.2) is 4.79 Å². The predicted molar refractivity (Wildman–Crippen MR) is 67.3 cm³/mol. The molecule has 3 heteroatoms. The Hall–Kier alpha value is -1.77. The molecule has 92 valence electrons. The van der Waals surface area contributed by atoms with Crippen LogP contribution in [0.1, 0.15) is 31.9 Å². The van der Waals surface area contributed by atoms with Gasteiger partial charge >= 0.3 is 5.97 Å². The topological polar surface area (TPSA) is 57.5 Å². The Morgan fingerprint density at radius 3 is 2.41 bits per heavy atom. The molecule has 0 aliphatic carbocycles. The molecule has 3 nitrogen and oxygen atoms in total. The summed E-state index contributed by atoms with van der Waals surface area (Å²) >= 11 is 0. The Bertz CT molecular complexity index is 453. The number of hydrogen-bond acceptors (Lipinski definition) is 2. The molecule has 0 saturated carbocycles. The lowest BCUT2D eigenvalue weighted by Gasteiger charge is -2.21. The van der Waals surface area contributed by atoms with Crippen molar-refractivity contribution >= 4 is 5.97 Å². The fraction of sp³-hybridized carbons (Fsp3) is 0.357. The van der Waals surface area contributed by atoms with Crippen molar-refractivity contribution in [2.75, 3.05) is 0 Å². The van der Waals surface area contributed by atoms with Crippen molar-refractivity contribution in [2.45, 2.75) is 32.6 Å². The number of carboxylic acid groups (broad SMARTS) is 1. The monoisotopic (exact) mass is 234 g/mol. The van der Waals surface area contributed by atoms with Crippen LogP contribution in [0.2, 0.25) is 0 Å². The minimum absolute atomic E-state index is 0.149. The molecule has 0 fully saturated rings. The second kappa shape index (κ2) is 4.62. The number of hydrogen-bond donors (Lipinski definition) is 2. The van der Waals surface area contributed by atoms with Crippen molar-refractivity contribution in [3.05, 3.63) is 41.5 Å². The summed E-state index contributed by atoms with van der Waals surface area (Å²) in [6.07, 6.45) is 0.290. The lowest BCUT2D eigenvalue weighted by Crippen LogP contribution is -2.12. The summed E-state index contributed by atoms with van der Waals surface area (Å²) in [6, 6.07) is 5.16. The molecule has 17 heavy (non-hydrogen) atoms. The highest BCUT2D eigenvalue weighted by molar-refractivity contribution is 5.86. The fourth-order valence-corrected chi connectivity index (χ4v) is 1.62. The molecule has 0 saturated heterocycles. The van der Waals surface area contributed by atoms with E-state index in [1.807, 2.05) is 26.8 Å². The molecule has 1 rings (SSSR count). The smallest absolute Gasteiger partial charge is 0.331 e. The fourth-order valence-electron chi connectivity index (χ4n) is 1.62. The Labute approximate surface area is 101 Å². The van der Waals surface area contributed by atoms with Crippen molar-refractivity contribution in [3.8, 4) is 5.75 Å². The van der Waals surface area contributed by atoms with Gasteiger partial charge in [0.15, 0.2) is 0 Å². The number of rotatable bonds is 3. The van der Waals surface area contributed by atoms with Crippen LogP contribution in [0.25, 0.3) is 0 Å². The van der Waals surface area contributed by atoms with Crippen LogP contribution >= 0.6 is 0 Å². The van der Waals surface area contributed by atoms with Crippen LogP contribution in [0.15, 0.2) is 30.4 Å². The number of benzene rings is 1. The molecule has 0 atom stereocenters. The summed E-state index contributed by atoms with van der Waals surface area (Å²) in [4.78, 5) is 10.7. The number of phenolic OH excluding ortho intramolecular Hbond substituents is 1. The third-order valence-electron chi connectivity index (χ3n) is 2.59. The number of carboxylic acids is 1. The summed E-state index contributed by atoms with van der Waals surface area (Å²) in [5, 5.41) is 18.6. The first kappa shape index (κ1) is 13.3. The van der Waals surface area contributed by atoms with E-state index in [1.54, 1.807) is 12.1 Å². The lowest BCUT2D eigenvalue weighted by atomic mass is 9.85. The summed E-state index contributed by atoms with van der Waals surface area (Å²) < 4.78 is 0. The third kappa shape index (κ3) is 3.34. The van der Waals surface area contributed by atoms with Crippen LogP contribution in [0.3, 0.4) is 0 Å². The molecule has 0 amide bonds. The Morgan fingerprint density at radius 2 is 1.94 bits per heavy atom. The van der Waals surface area contributed by atoms with E-state index in [4.69, 9.17) is 5.11 Å². The maximum atomic E-state index is 10.7. The molecule has 0 spiro atoms. The zero-order valence-electron chi connectivity index (χ0n) is 10.4. The largest absolute Gasteiger partial charge is 0.508 e. The van der Waals surface area contributed by atoms with Gasteiger partial charge in [0.1, 0.15) is 5.75 Å². The van der Waals surface area contributed by atoms with E-state index in [0.29, 0.717) is 6.42 Å². The van der Waals surface area contributed by atoms with Gasteiger partial charge in [0.25, 0.3) is 0 Å². The van der Waals surface area contributed by atoms with Crippen molar-refractivity contribution in [1.29, 1.82) is 0 Å². The highest BCUT2D eigenvalue weighted by Gasteiger charge is 2.18. The van der Waals surface area contributed by atoms with E-state index in [0.717, 1.165) is 11.1 Å². The number of carbonyl (C=O) groups is 1. The summed E-state index contributed by atoms with van der Waals surface area (Å²) in [5.41, 5.74) is 1.63. The van der Waals surface area contributed by atoms with E-state index >= 15 is 0 Å². The van der Waals surface area contributed by atoms with E-state index in [2.05, 4.69) is 6.58 Å². The Morgan fingerprint density at radius 1 is 1.35 bits per heavy atom. The first-order chi connectivity index (χ1) is 7.71. The maximum absolute atomic E-state index is 10.7. The number of aromatic hydroxyl groups is 1. The van der Waals surface area contributed by atoms with Crippen LogP contribution in [-0.2, 0) is 16.6 Å². The van der Waals surface area contributed by atoms with Gasteiger partial charge in [-0.3, -0.25) is 0 Å². The highest BCUT2D eigenvalue weighted by atomic mass is 16.4. The van der Waals surface area contributed by atoms with Gasteiger partial charge < -0.3 is 10.2 Å². The minimum atomic E-state index is -0.990. The molecular formula is C14H18O3. The Balaban J connectivity index is 3.05. The zero-order chi connectivity index (χ0) is 13.2. The summed E-state index contributed by atoms with van der Waals surface area (Å²) in [5.74, 6) is -0.752. The SMILES string of the molecule is C=C(Cc1ccc(O)c(C(C)(C)C)c1)C(=O)O. The van der Waals surface area contributed by atoms with Gasteiger partial charge in [-0.2, -0.15) is 0 Å². The average molecular weight is 234 g/mol. The first-order valence-corrected chi connectivity index (χ1v) is 5.45. The van der Waals surface area contributed by atoms with Crippen molar-refractivity contribution in [1.82, 2.24) is 0 Å². The molecule has 0 unspecified atom stereocenters. The van der Waals surface area contributed by atoms with Crippen LogP contribution in [0.5, 0.6) is 5.75 Å². The Kier molecular flexibility index (Phi) is 3.61. The quantitative estimate of drug-likeness (QED) is 0.791. The van der Waals surface area contributed by atoms with Crippen LogP contribution in [0.4, 0.5) is 0 Å². The predicted octanol–water partition coefficient (Wildman–Crippen LogP) is 2.87. The second-order valence-corrected chi connectivity index (χ2v) is 5.19. The van der Waals surface area contributed by atoms with Crippen LogP contribution < -0.4 is 0 Å². The molecule has 0 aliphatic heterocycles. The molecule has 1 aromatic carbocycles. The number of aliphatic carboxylic acids is 1. The van der Waals surface area contributed by atoms with Gasteiger partial charge in [0, 0.05) is 12.0 Å². The summed E-state index contributed by atoms with van der Waals surface area (Å²) in [7, 11) is 0. The third-order valence-corrected chi connectivity index (χ3v) is 2.59. The number of phenols is 1. The van der Waals surface area contributed by atoms with Gasteiger partial charge in [0.2, 0.25) is 0 Å². The zero-order valence-corrected chi connectivity index (χ0v) is 10.4. The first-order valence-electron chi connectivity index (χ1n) is 5.45. The van der Waals surface area contributed by atoms with E-state index in [9.17, 15) is 9.90 Å². The van der Waals surface area contributed by atoms with Crippen LogP contribution in [0, 0.1) is 0 Å². The van der Waals surface area contributed by atoms with Crippen molar-refractivity contribution in [2.24, 2.45) is 0 Å². The highest BCUT2D eigenvalue weighted by Crippen LogP contribution is 2.31. The molecule has 2 N–H and O–H groups in total. The molecule has 0 bridgehead atoms. The molecule has 0 aliphatic rings. The summed E-state index contributed by atoms with van der Waals surface area (Å²) in [6.45, 7) is 9.50. The van der Waals surface area contributed by atoms with Crippen molar-refractivity contribution in [3.63, 3.8) is 0 Å². The van der Waals surface area contributed by atoms with Gasteiger partial charge in [-0.15, -0.1) is 0 Å². The van der Waals surface area contributed by atoms with E-state index < -0.39 is 5.97 Å². The van der Waals surface area contributed by atoms with Gasteiger partial charge in [-0.1, -0.05) is 39.5 Å². The van der Waals surface area contributed by atoms with E-state index in [1.165, 1.54) is 0 Å². The average Bonchev–Trinajstić information content (AvgIpc) is 2.19. The van der Waals surface area contributed by atoms with Crippen molar-refractivity contribution < 1.29 is 15.0 Å². The van der Waals surface area contributed by atoms with Gasteiger partial charge in [0.05, 0.1) is 0 Å². The van der Waals surface area contributed by atoms with Crippen LogP contribution in [-0.4, -0.2) is 16.2 Å². The lowest BCUT2D eigenvalue weighted by molar-refractivity contribution is -0.132. The van der Waals surface area contributed by atoms with E-state index in [-0.39, 0.29) is 16.7 Å². The molecule has 0 heterocycles. The normalized spacial score (nSPS) is 11.2. The molecule has 1 aromatic rings.